The quantitative estimate of drug-likeness (QED) is 0.540. The summed E-state index contributed by atoms with van der Waals surface area (Å²) < 4.78 is 5.50. The summed E-state index contributed by atoms with van der Waals surface area (Å²) in [6.45, 7) is 9.97. The van der Waals surface area contributed by atoms with Crippen molar-refractivity contribution in [3.05, 3.63) is 0 Å². The normalized spacial score (nSPS) is 32.4. The number of epoxide rings is 1. The van der Waals surface area contributed by atoms with Crippen molar-refractivity contribution in [1.29, 1.82) is 0 Å². The summed E-state index contributed by atoms with van der Waals surface area (Å²) in [5, 5.41) is 0. The first-order valence-corrected chi connectivity index (χ1v) is 4.16. The third-order valence-electron chi connectivity index (χ3n) is 2.51. The Hall–Kier alpha value is -0.0400. The van der Waals surface area contributed by atoms with E-state index in [1.165, 1.54) is 12.8 Å². The van der Waals surface area contributed by atoms with E-state index in [0.29, 0.717) is 5.41 Å². The van der Waals surface area contributed by atoms with Crippen LogP contribution in [0.4, 0.5) is 0 Å². The Balaban J connectivity index is 2.52. The fourth-order valence-corrected chi connectivity index (χ4v) is 1.44. The van der Waals surface area contributed by atoms with Crippen molar-refractivity contribution in [2.45, 2.75) is 46.1 Å². The van der Waals surface area contributed by atoms with Crippen molar-refractivity contribution in [1.82, 2.24) is 0 Å². The second-order valence-corrected chi connectivity index (χ2v) is 4.28. The van der Waals surface area contributed by atoms with E-state index in [1.54, 1.807) is 0 Å². The Bertz CT molecular complexity index is 117. The molecule has 1 heteroatoms. The highest BCUT2D eigenvalue weighted by Gasteiger charge is 2.52. The predicted molar refractivity (Wildman–Crippen MR) is 43.0 cm³/mol. The number of hydrogen-bond donors (Lipinski definition) is 0. The van der Waals surface area contributed by atoms with E-state index in [-0.39, 0.29) is 5.60 Å². The van der Waals surface area contributed by atoms with Crippen molar-refractivity contribution < 1.29 is 4.74 Å². The van der Waals surface area contributed by atoms with Crippen LogP contribution in [0.5, 0.6) is 0 Å². The Kier molecular flexibility index (Phi) is 1.80. The summed E-state index contributed by atoms with van der Waals surface area (Å²) in [6, 6.07) is 0. The third-order valence-corrected chi connectivity index (χ3v) is 2.51. The van der Waals surface area contributed by atoms with Gasteiger partial charge in [0.1, 0.15) is 0 Å². The van der Waals surface area contributed by atoms with E-state index in [4.69, 9.17) is 4.74 Å². The predicted octanol–water partition coefficient (Wildman–Crippen LogP) is 2.60. The van der Waals surface area contributed by atoms with E-state index in [1.807, 2.05) is 0 Å². The summed E-state index contributed by atoms with van der Waals surface area (Å²) in [5.74, 6) is 0. The van der Waals surface area contributed by atoms with Gasteiger partial charge in [0.05, 0.1) is 12.2 Å². The van der Waals surface area contributed by atoms with Crippen molar-refractivity contribution >= 4 is 0 Å². The van der Waals surface area contributed by atoms with Crippen LogP contribution in [0.3, 0.4) is 0 Å². The molecule has 1 aliphatic rings. The van der Waals surface area contributed by atoms with Gasteiger partial charge in [0.15, 0.2) is 0 Å². The highest BCUT2D eigenvalue weighted by molar-refractivity contribution is 5.01. The molecule has 1 aliphatic heterocycles. The van der Waals surface area contributed by atoms with Gasteiger partial charge in [-0.05, 0) is 11.8 Å². The summed E-state index contributed by atoms with van der Waals surface area (Å²) in [6.07, 6.45) is 2.45. The topological polar surface area (TPSA) is 12.5 Å². The molecule has 10 heavy (non-hydrogen) atoms. The summed E-state index contributed by atoms with van der Waals surface area (Å²) in [4.78, 5) is 0. The van der Waals surface area contributed by atoms with Gasteiger partial charge in [0.25, 0.3) is 0 Å². The van der Waals surface area contributed by atoms with Crippen molar-refractivity contribution in [2.24, 2.45) is 5.41 Å². The molecule has 1 heterocycles. The highest BCUT2D eigenvalue weighted by Crippen LogP contribution is 2.47. The average molecular weight is 142 g/mol. The Morgan fingerprint density at radius 1 is 1.40 bits per heavy atom. The Morgan fingerprint density at radius 2 is 1.90 bits per heavy atom. The molecule has 1 rings (SSSR count). The minimum atomic E-state index is 0.238. The zero-order valence-electron chi connectivity index (χ0n) is 7.53. The lowest BCUT2D eigenvalue weighted by Crippen LogP contribution is -2.29. The maximum Gasteiger partial charge on any atom is 0.0964 e. The average Bonchev–Trinajstić information content (AvgIpc) is 2.45. The highest BCUT2D eigenvalue weighted by atomic mass is 16.6. The second kappa shape index (κ2) is 2.23. The van der Waals surface area contributed by atoms with E-state index in [2.05, 4.69) is 27.7 Å². The summed E-state index contributed by atoms with van der Waals surface area (Å²) in [7, 11) is 0. The third kappa shape index (κ3) is 1.20. The molecule has 0 aromatic rings. The number of ether oxygens (including phenoxy) is 1. The molecule has 1 unspecified atom stereocenters. The van der Waals surface area contributed by atoms with Gasteiger partial charge < -0.3 is 4.74 Å². The van der Waals surface area contributed by atoms with Gasteiger partial charge in [-0.15, -0.1) is 0 Å². The molecule has 0 bridgehead atoms. The maximum absolute atomic E-state index is 5.50. The first-order chi connectivity index (χ1) is 4.52. The van der Waals surface area contributed by atoms with Crippen LogP contribution in [0.25, 0.3) is 0 Å². The molecule has 0 aromatic carbocycles. The molecule has 60 valence electrons. The molecule has 0 amide bonds. The zero-order chi connectivity index (χ0) is 7.83. The van der Waals surface area contributed by atoms with Crippen LogP contribution in [-0.4, -0.2) is 12.2 Å². The molecule has 1 fully saturated rings. The molecule has 0 aliphatic carbocycles. The first-order valence-electron chi connectivity index (χ1n) is 4.16. The maximum atomic E-state index is 5.50. The SMILES string of the molecule is CCCC1(C(C)(C)C)CO1. The molecule has 1 saturated heterocycles. The summed E-state index contributed by atoms with van der Waals surface area (Å²) in [5.41, 5.74) is 0.574. The summed E-state index contributed by atoms with van der Waals surface area (Å²) >= 11 is 0. The first kappa shape index (κ1) is 8.06. The zero-order valence-corrected chi connectivity index (χ0v) is 7.53. The van der Waals surface area contributed by atoms with Crippen LogP contribution in [0, 0.1) is 5.41 Å². The molecule has 0 N–H and O–H groups in total. The molecular formula is C9H18O. The van der Waals surface area contributed by atoms with E-state index < -0.39 is 0 Å². The molecule has 0 radical (unpaired) electrons. The standard InChI is InChI=1S/C9H18O/c1-5-6-9(7-10-9)8(2,3)4/h5-7H2,1-4H3. The smallest absolute Gasteiger partial charge is 0.0964 e. The minimum absolute atomic E-state index is 0.238. The van der Waals surface area contributed by atoms with Crippen LogP contribution in [0.2, 0.25) is 0 Å². The molecular weight excluding hydrogens is 124 g/mol. The van der Waals surface area contributed by atoms with Gasteiger partial charge in [0, 0.05) is 0 Å². The molecule has 1 atom stereocenters. The monoisotopic (exact) mass is 142 g/mol. The lowest BCUT2D eigenvalue weighted by Gasteiger charge is -2.26. The van der Waals surface area contributed by atoms with Crippen molar-refractivity contribution in [2.75, 3.05) is 6.61 Å². The van der Waals surface area contributed by atoms with Crippen LogP contribution in [0.1, 0.15) is 40.5 Å². The van der Waals surface area contributed by atoms with Gasteiger partial charge in [0.2, 0.25) is 0 Å². The fourth-order valence-electron chi connectivity index (χ4n) is 1.44. The largest absolute Gasteiger partial charge is 0.369 e. The van der Waals surface area contributed by atoms with Crippen LogP contribution >= 0.6 is 0 Å². The van der Waals surface area contributed by atoms with Crippen LogP contribution in [-0.2, 0) is 4.74 Å². The van der Waals surface area contributed by atoms with Gasteiger partial charge in [-0.3, -0.25) is 0 Å². The van der Waals surface area contributed by atoms with Crippen molar-refractivity contribution in [3.8, 4) is 0 Å². The van der Waals surface area contributed by atoms with E-state index in [9.17, 15) is 0 Å². The minimum Gasteiger partial charge on any atom is -0.369 e. The van der Waals surface area contributed by atoms with Gasteiger partial charge in [-0.25, -0.2) is 0 Å². The van der Waals surface area contributed by atoms with Gasteiger partial charge in [-0.1, -0.05) is 34.1 Å². The van der Waals surface area contributed by atoms with Crippen LogP contribution < -0.4 is 0 Å². The molecule has 1 nitrogen and oxygen atoms in total. The van der Waals surface area contributed by atoms with Gasteiger partial charge in [-0.2, -0.15) is 0 Å². The number of rotatable bonds is 2. The molecule has 0 spiro atoms. The van der Waals surface area contributed by atoms with Crippen molar-refractivity contribution in [3.63, 3.8) is 0 Å². The fraction of sp³-hybridized carbons (Fsp3) is 1.00. The second-order valence-electron chi connectivity index (χ2n) is 4.28. The molecule has 0 aromatic heterocycles. The van der Waals surface area contributed by atoms with Crippen LogP contribution in [0.15, 0.2) is 0 Å². The lowest BCUT2D eigenvalue weighted by atomic mass is 9.78. The van der Waals surface area contributed by atoms with Gasteiger partial charge >= 0.3 is 0 Å². The molecule has 0 saturated carbocycles. The lowest BCUT2D eigenvalue weighted by molar-refractivity contribution is 0.144. The van der Waals surface area contributed by atoms with E-state index >= 15 is 0 Å². The Labute approximate surface area is 63.8 Å². The van der Waals surface area contributed by atoms with E-state index in [0.717, 1.165) is 6.61 Å². The number of hydrogen-bond acceptors (Lipinski definition) is 1. The Morgan fingerprint density at radius 3 is 2.00 bits per heavy atom.